The normalized spacial score (nSPS) is 18.1. The Bertz CT molecular complexity index is 1670. The molecular formula is C82H151NO8. The molecule has 1 saturated heterocycles. The van der Waals surface area contributed by atoms with Crippen molar-refractivity contribution in [3.63, 3.8) is 0 Å². The van der Waals surface area contributed by atoms with E-state index in [0.717, 1.165) is 64.2 Å². The van der Waals surface area contributed by atoms with Crippen LogP contribution in [0.25, 0.3) is 0 Å². The Morgan fingerprint density at radius 3 is 1.05 bits per heavy atom. The number of hydrogen-bond donors (Lipinski definition) is 6. The smallest absolute Gasteiger partial charge is 0.220 e. The predicted molar refractivity (Wildman–Crippen MR) is 392 cm³/mol. The number of rotatable bonds is 70. The van der Waals surface area contributed by atoms with Crippen molar-refractivity contribution in [2.45, 2.75) is 429 Å². The number of aliphatic hydroxyl groups excluding tert-OH is 5. The average molecular weight is 1280 g/mol. The van der Waals surface area contributed by atoms with Gasteiger partial charge in [0, 0.05) is 6.42 Å². The van der Waals surface area contributed by atoms with Crippen molar-refractivity contribution in [2.75, 3.05) is 13.2 Å². The van der Waals surface area contributed by atoms with Crippen LogP contribution in [0.15, 0.2) is 72.9 Å². The quantitative estimate of drug-likeness (QED) is 0.0261. The third kappa shape index (κ3) is 58.7. The number of carbonyl (C=O) groups excluding carboxylic acids is 1. The van der Waals surface area contributed by atoms with Crippen molar-refractivity contribution in [1.82, 2.24) is 5.32 Å². The van der Waals surface area contributed by atoms with Crippen LogP contribution in [0.4, 0.5) is 0 Å². The number of allylic oxidation sites excluding steroid dienone is 11. The monoisotopic (exact) mass is 1280 g/mol. The van der Waals surface area contributed by atoms with Gasteiger partial charge in [0.1, 0.15) is 24.4 Å². The lowest BCUT2D eigenvalue weighted by Gasteiger charge is -2.40. The summed E-state index contributed by atoms with van der Waals surface area (Å²) in [5.41, 5.74) is 0. The average Bonchev–Trinajstić information content (AvgIpc) is 1.58. The molecule has 9 nitrogen and oxygen atoms in total. The Balaban J connectivity index is 2.05. The van der Waals surface area contributed by atoms with Crippen LogP contribution in [-0.2, 0) is 14.3 Å². The summed E-state index contributed by atoms with van der Waals surface area (Å²) in [5, 5.41) is 54.9. The zero-order chi connectivity index (χ0) is 65.7. The molecule has 0 saturated carbocycles. The van der Waals surface area contributed by atoms with E-state index in [1.54, 1.807) is 6.08 Å². The van der Waals surface area contributed by atoms with E-state index >= 15 is 0 Å². The van der Waals surface area contributed by atoms with E-state index in [0.29, 0.717) is 6.42 Å². The van der Waals surface area contributed by atoms with Crippen LogP contribution < -0.4 is 5.32 Å². The Kier molecular flexibility index (Phi) is 67.1. The van der Waals surface area contributed by atoms with Gasteiger partial charge in [-0.15, -0.1) is 0 Å². The van der Waals surface area contributed by atoms with Crippen molar-refractivity contribution >= 4 is 5.91 Å². The lowest BCUT2D eigenvalue weighted by molar-refractivity contribution is -0.302. The SMILES string of the molecule is CC/C=C\C/C=C\C/C=C\C/C=C\CCCCCCCCCCCCCCCCCCCCCCCCCCCCCCC(=O)NC(COC1OC(CO)C(O)C(O)C1O)C(O)/C=C/CC/C=C/CCCCCCCCCCCCCCCCCCCCCCC. The molecule has 1 rings (SSSR count). The molecule has 6 N–H and O–H groups in total. The number of ether oxygens (including phenoxy) is 2. The van der Waals surface area contributed by atoms with Gasteiger partial charge in [0.15, 0.2) is 6.29 Å². The highest BCUT2D eigenvalue weighted by atomic mass is 16.7. The van der Waals surface area contributed by atoms with E-state index in [9.17, 15) is 30.3 Å². The van der Waals surface area contributed by atoms with Gasteiger partial charge in [0.25, 0.3) is 0 Å². The molecule has 0 bridgehead atoms. The van der Waals surface area contributed by atoms with Crippen LogP contribution in [0.1, 0.15) is 386 Å². The topological polar surface area (TPSA) is 149 Å². The van der Waals surface area contributed by atoms with Gasteiger partial charge in [0.05, 0.1) is 25.4 Å². The van der Waals surface area contributed by atoms with Crippen molar-refractivity contribution in [2.24, 2.45) is 0 Å². The molecule has 0 spiro atoms. The number of hydrogen-bond acceptors (Lipinski definition) is 8. The molecule has 0 aliphatic carbocycles. The number of amides is 1. The molecule has 1 aliphatic rings. The zero-order valence-corrected chi connectivity index (χ0v) is 59.9. The van der Waals surface area contributed by atoms with Crippen molar-refractivity contribution in [3.05, 3.63) is 72.9 Å². The molecular weight excluding hydrogens is 1130 g/mol. The van der Waals surface area contributed by atoms with E-state index in [4.69, 9.17) is 9.47 Å². The van der Waals surface area contributed by atoms with E-state index in [2.05, 4.69) is 79.9 Å². The lowest BCUT2D eigenvalue weighted by atomic mass is 9.99. The maximum atomic E-state index is 13.2. The predicted octanol–water partition coefficient (Wildman–Crippen LogP) is 22.7. The van der Waals surface area contributed by atoms with Gasteiger partial charge in [-0.05, 0) is 70.6 Å². The Morgan fingerprint density at radius 1 is 0.385 bits per heavy atom. The largest absolute Gasteiger partial charge is 0.394 e. The third-order valence-corrected chi connectivity index (χ3v) is 18.8. The molecule has 532 valence electrons. The van der Waals surface area contributed by atoms with E-state index in [-0.39, 0.29) is 12.5 Å². The maximum Gasteiger partial charge on any atom is 0.220 e. The first-order valence-electron chi connectivity index (χ1n) is 39.7. The van der Waals surface area contributed by atoms with Crippen LogP contribution in [0.3, 0.4) is 0 Å². The molecule has 91 heavy (non-hydrogen) atoms. The highest BCUT2D eigenvalue weighted by Crippen LogP contribution is 2.24. The van der Waals surface area contributed by atoms with Crippen molar-refractivity contribution in [3.8, 4) is 0 Å². The number of nitrogens with one attached hydrogen (secondary N) is 1. The number of aliphatic hydroxyl groups is 5. The fourth-order valence-electron chi connectivity index (χ4n) is 12.6. The summed E-state index contributed by atoms with van der Waals surface area (Å²) >= 11 is 0. The Morgan fingerprint density at radius 2 is 0.692 bits per heavy atom. The first-order valence-corrected chi connectivity index (χ1v) is 39.7. The summed E-state index contributed by atoms with van der Waals surface area (Å²) in [5.74, 6) is -0.179. The van der Waals surface area contributed by atoms with Crippen molar-refractivity contribution < 1.29 is 39.8 Å². The molecule has 1 amide bonds. The molecule has 7 atom stereocenters. The molecule has 0 aromatic heterocycles. The first-order chi connectivity index (χ1) is 44.8. The molecule has 0 aromatic rings. The second-order valence-corrected chi connectivity index (χ2v) is 27.5. The van der Waals surface area contributed by atoms with Gasteiger partial charge in [-0.2, -0.15) is 0 Å². The molecule has 0 radical (unpaired) electrons. The van der Waals surface area contributed by atoms with Gasteiger partial charge in [-0.25, -0.2) is 0 Å². The first kappa shape index (κ1) is 86.6. The van der Waals surface area contributed by atoms with Crippen LogP contribution in [0, 0.1) is 0 Å². The summed E-state index contributed by atoms with van der Waals surface area (Å²) in [6.45, 7) is 3.70. The minimum atomic E-state index is -1.57. The van der Waals surface area contributed by atoms with Crippen LogP contribution in [0.5, 0.6) is 0 Å². The highest BCUT2D eigenvalue weighted by Gasteiger charge is 2.44. The molecule has 0 aromatic carbocycles. The van der Waals surface area contributed by atoms with E-state index in [1.807, 2.05) is 6.08 Å². The second-order valence-electron chi connectivity index (χ2n) is 27.5. The molecule has 7 unspecified atom stereocenters. The fraction of sp³-hybridized carbons (Fsp3) is 0.841. The molecule has 9 heteroatoms. The lowest BCUT2D eigenvalue weighted by Crippen LogP contribution is -2.60. The number of carbonyl (C=O) groups is 1. The minimum Gasteiger partial charge on any atom is -0.394 e. The van der Waals surface area contributed by atoms with Gasteiger partial charge in [-0.1, -0.05) is 382 Å². The molecule has 1 heterocycles. The molecule has 1 fully saturated rings. The van der Waals surface area contributed by atoms with Crippen LogP contribution in [-0.4, -0.2) is 87.5 Å². The Hall–Kier alpha value is -2.37. The van der Waals surface area contributed by atoms with Crippen LogP contribution >= 0.6 is 0 Å². The summed E-state index contributed by atoms with van der Waals surface area (Å²) in [6, 6.07) is -0.824. The standard InChI is InChI=1S/C82H151NO8/c1-3-5-7-9-11-13-15-17-19-21-23-25-27-29-31-32-33-34-35-36-37-38-39-40-41-42-43-44-46-48-50-52-54-56-58-60-62-64-66-68-70-72-78(86)83-75(74-90-82-81(89)80(88)79(87)77(73-84)91-82)76(85)71-69-67-65-63-61-59-57-55-53-51-49-47-45-30-28-26-24-22-20-18-16-14-12-10-8-6-4-2/h5,7,11,13,17,19,23,25,61,63,69,71,75-77,79-82,84-85,87-89H,3-4,6,8-10,12,14-16,18,20-22,24,26-60,62,64-68,70,72-74H2,1-2H3,(H,83,86)/b7-5-,13-11-,19-17-,25-23-,63-61+,71-69+. The summed E-state index contributed by atoms with van der Waals surface area (Å²) in [4.78, 5) is 13.2. The molecule has 1 aliphatic heterocycles. The summed E-state index contributed by atoms with van der Waals surface area (Å²) in [7, 11) is 0. The highest BCUT2D eigenvalue weighted by molar-refractivity contribution is 5.76. The van der Waals surface area contributed by atoms with E-state index < -0.39 is 49.5 Å². The fourth-order valence-corrected chi connectivity index (χ4v) is 12.6. The summed E-state index contributed by atoms with van der Waals surface area (Å²) < 4.78 is 11.3. The minimum absolute atomic E-state index is 0.179. The van der Waals surface area contributed by atoms with E-state index in [1.165, 1.54) is 302 Å². The second kappa shape index (κ2) is 70.4. The maximum absolute atomic E-state index is 13.2. The number of unbranched alkanes of at least 4 members (excludes halogenated alkanes) is 50. The zero-order valence-electron chi connectivity index (χ0n) is 59.9. The van der Waals surface area contributed by atoms with Gasteiger partial charge >= 0.3 is 0 Å². The van der Waals surface area contributed by atoms with Gasteiger partial charge in [-0.3, -0.25) is 4.79 Å². The summed E-state index contributed by atoms with van der Waals surface area (Å²) in [6.07, 6.45) is 93.5. The third-order valence-electron chi connectivity index (χ3n) is 18.8. The van der Waals surface area contributed by atoms with Gasteiger partial charge < -0.3 is 40.3 Å². The van der Waals surface area contributed by atoms with Crippen molar-refractivity contribution in [1.29, 1.82) is 0 Å². The van der Waals surface area contributed by atoms with Gasteiger partial charge in [0.2, 0.25) is 5.91 Å². The Labute approximate surface area is 563 Å². The van der Waals surface area contributed by atoms with Crippen LogP contribution in [0.2, 0.25) is 0 Å².